The molecule has 0 fully saturated rings. The van der Waals surface area contributed by atoms with Crippen LogP contribution in [0.25, 0.3) is 0 Å². The fourth-order valence-electron chi connectivity index (χ4n) is 9.01. The first kappa shape index (κ1) is 79.6. The number of thioether (sulfide) groups is 2. The molecule has 2 radical (unpaired) electrons. The van der Waals surface area contributed by atoms with Crippen LogP contribution in [0.15, 0.2) is 272 Å². The number of sulfone groups is 2. The molecule has 2 unspecified atom stereocenters. The Bertz CT molecular complexity index is 4800. The summed E-state index contributed by atoms with van der Waals surface area (Å²) in [6.07, 6.45) is 0. The highest BCUT2D eigenvalue weighted by Gasteiger charge is 2.25. The van der Waals surface area contributed by atoms with Crippen molar-refractivity contribution in [3.05, 3.63) is 310 Å². The van der Waals surface area contributed by atoms with Crippen LogP contribution in [0.2, 0.25) is 0 Å². The van der Waals surface area contributed by atoms with Crippen molar-refractivity contribution in [2.24, 2.45) is 0 Å². The van der Waals surface area contributed by atoms with Gasteiger partial charge in [-0.2, -0.15) is 0 Å². The predicted molar refractivity (Wildman–Crippen MR) is 384 cm³/mol. The van der Waals surface area contributed by atoms with Crippen LogP contribution in [0, 0.1) is 37.1 Å². The van der Waals surface area contributed by atoms with Crippen LogP contribution in [0.5, 0.6) is 40.2 Å². The van der Waals surface area contributed by atoms with Crippen LogP contribution in [0.3, 0.4) is 0 Å². The topological polar surface area (TPSA) is 284 Å². The monoisotopic (exact) mass is 1470 g/mol. The van der Waals surface area contributed by atoms with E-state index in [4.69, 9.17) is 23.5 Å². The van der Waals surface area contributed by atoms with Crippen LogP contribution in [-0.4, -0.2) is 79.4 Å². The van der Waals surface area contributed by atoms with E-state index in [2.05, 4.69) is 0 Å². The minimum absolute atomic E-state index is 0.00271. The molecule has 0 aliphatic heterocycles. The molecule has 0 heterocycles. The maximum atomic E-state index is 14.5. The zero-order chi connectivity index (χ0) is 73.1. The van der Waals surface area contributed by atoms with Crippen molar-refractivity contribution in [2.45, 2.75) is 77.7 Å². The van der Waals surface area contributed by atoms with E-state index in [0.29, 0.717) is 37.9 Å². The standard InChI is InChI=1S/C20H17FO6S2.C20H17FO4S2.C20H17FO2S2.C8H9F.C6H5BO.H2O2/c21-20-9-1-4-14(12-28(24,25)17-7-2-5-15(22)10-17)19(20)13-29(26,27)18-8-3-6-16(23)11-18;21-20-9-1-4-14(12-26(24)17-7-2-5-15(22)10-17)19(20)13-27(25)18-8-3-6-16(23)11-18;21-20-9-1-4-14(12-24-17-7-2-5-15(22)10-17)19(20)13-25-18-8-3-6-16(23)11-18;1-6-4-3-5-8(9)7(6)2;7-5-2-1-3-6(8)4-5;1-2/h1-11,22-23H,12-13H2;1-11,22-23H,12-13H2;1-11,22-23H,12-13H2;3-5H,1-2H3;1-4,8H;1-2H. The van der Waals surface area contributed by atoms with E-state index in [1.807, 2.05) is 31.2 Å². The minimum atomic E-state index is -4.04. The van der Waals surface area contributed by atoms with Crippen molar-refractivity contribution in [1.82, 2.24) is 0 Å². The maximum absolute atomic E-state index is 14.5. The largest absolute Gasteiger partial charge is 0.508 e. The summed E-state index contributed by atoms with van der Waals surface area (Å²) >= 11 is 3.05. The van der Waals surface area contributed by atoms with Crippen molar-refractivity contribution in [3.63, 3.8) is 0 Å². The summed E-state index contributed by atoms with van der Waals surface area (Å²) in [5.74, 6) is -1.92. The molecule has 0 saturated carbocycles. The summed E-state index contributed by atoms with van der Waals surface area (Å²) in [6, 6.07) is 60.9. The van der Waals surface area contributed by atoms with E-state index in [-0.39, 0.29) is 89.9 Å². The molecule has 0 aromatic heterocycles. The van der Waals surface area contributed by atoms with Gasteiger partial charge in [-0.1, -0.05) is 103 Å². The molecule has 0 aliphatic rings. The van der Waals surface area contributed by atoms with Crippen LogP contribution >= 0.6 is 23.5 Å². The molecule has 2 atom stereocenters. The van der Waals surface area contributed by atoms with Crippen molar-refractivity contribution >= 4 is 78.1 Å². The molecule has 100 heavy (non-hydrogen) atoms. The Labute approximate surface area is 591 Å². The number of aryl methyl sites for hydroxylation is 1. The number of aromatic hydroxyl groups is 7. The average Bonchev–Trinajstić information content (AvgIpc) is 0.797. The molecular formula is C74H67BF4O15S6. The van der Waals surface area contributed by atoms with Crippen molar-refractivity contribution in [2.75, 3.05) is 0 Å². The lowest BCUT2D eigenvalue weighted by Crippen LogP contribution is -2.12. The highest BCUT2D eigenvalue weighted by molar-refractivity contribution is 7.99. The number of halogens is 4. The van der Waals surface area contributed by atoms with E-state index in [1.54, 1.807) is 116 Å². The van der Waals surface area contributed by atoms with Gasteiger partial charge in [0.05, 0.1) is 54.4 Å². The molecule has 11 rings (SSSR count). The smallest absolute Gasteiger partial charge is 0.182 e. The van der Waals surface area contributed by atoms with E-state index in [1.165, 1.54) is 115 Å². The third kappa shape index (κ3) is 25.1. The van der Waals surface area contributed by atoms with Crippen molar-refractivity contribution < 1.29 is 89.1 Å². The molecule has 26 heteroatoms. The minimum Gasteiger partial charge on any atom is -0.508 e. The molecular weight excluding hydrogens is 1410 g/mol. The van der Waals surface area contributed by atoms with Gasteiger partial charge in [-0.25, -0.2) is 34.4 Å². The zero-order valence-electron chi connectivity index (χ0n) is 53.3. The summed E-state index contributed by atoms with van der Waals surface area (Å²) in [4.78, 5) is 2.29. The molecule has 0 spiro atoms. The number of phenols is 7. The molecule has 15 nitrogen and oxygen atoms in total. The molecule has 0 saturated heterocycles. The summed E-state index contributed by atoms with van der Waals surface area (Å²) in [5.41, 5.74) is 4.40. The second-order valence-electron chi connectivity index (χ2n) is 21.5. The predicted octanol–water partition coefficient (Wildman–Crippen LogP) is 15.5. The van der Waals surface area contributed by atoms with Crippen LogP contribution in [0.1, 0.15) is 44.5 Å². The Morgan fingerprint density at radius 3 is 1.19 bits per heavy atom. The highest BCUT2D eigenvalue weighted by Crippen LogP contribution is 2.34. The first-order valence-electron chi connectivity index (χ1n) is 29.6. The molecule has 0 bridgehead atoms. The Hall–Kier alpha value is -9.38. The van der Waals surface area contributed by atoms with Gasteiger partial charge in [0.25, 0.3) is 0 Å². The van der Waals surface area contributed by atoms with Gasteiger partial charge in [0.2, 0.25) is 0 Å². The van der Waals surface area contributed by atoms with Gasteiger partial charge < -0.3 is 35.7 Å². The van der Waals surface area contributed by atoms with Gasteiger partial charge in [-0.15, -0.1) is 23.5 Å². The number of hydrogen-bond donors (Lipinski definition) is 9. The van der Waals surface area contributed by atoms with Gasteiger partial charge in [-0.3, -0.25) is 18.9 Å². The van der Waals surface area contributed by atoms with E-state index in [9.17, 15) is 73.5 Å². The second-order valence-corrected chi connectivity index (χ2v) is 30.4. The summed E-state index contributed by atoms with van der Waals surface area (Å²) in [6.45, 7) is 3.68. The van der Waals surface area contributed by atoms with Crippen LogP contribution in [-0.2, 0) is 75.8 Å². The van der Waals surface area contributed by atoms with E-state index >= 15 is 0 Å². The molecule has 0 aliphatic carbocycles. The fourth-order valence-corrected chi connectivity index (χ4v) is 16.3. The van der Waals surface area contributed by atoms with E-state index in [0.717, 1.165) is 44.7 Å². The Morgan fingerprint density at radius 2 is 0.740 bits per heavy atom. The molecule has 11 aromatic carbocycles. The molecule has 11 aromatic rings. The summed E-state index contributed by atoms with van der Waals surface area (Å²) in [5, 5.41) is 77.9. The third-order valence-corrected chi connectivity index (χ3v) is 22.3. The van der Waals surface area contributed by atoms with Crippen LogP contribution in [0.4, 0.5) is 17.6 Å². The zero-order valence-corrected chi connectivity index (χ0v) is 58.2. The number of hydrogen-bond acceptors (Lipinski definition) is 17. The first-order chi connectivity index (χ1) is 47.6. The SMILES string of the molecule is Cc1cccc(F)c1C.O=S(=O)(Cc1cccc(F)c1CS(=O)(=O)c1cccc(O)c1)c1cccc(O)c1.O=S(Cc1cccc(F)c1CS(=O)c1cccc(O)c1)c1cccc(O)c1.OO.Oc1cccc(SCc2cccc(F)c2CSc2cccc(O)c2)c1.[B]c1cccc(O)c1. The van der Waals surface area contributed by atoms with Gasteiger partial charge >= 0.3 is 0 Å². The summed E-state index contributed by atoms with van der Waals surface area (Å²) in [7, 11) is -5.77. The normalized spacial score (nSPS) is 11.4. The fraction of sp³-hybridized carbons (Fsp3) is 0.108. The summed E-state index contributed by atoms with van der Waals surface area (Å²) < 4.78 is 132. The second kappa shape index (κ2) is 38.8. The average molecular weight is 1480 g/mol. The number of benzene rings is 11. The van der Waals surface area contributed by atoms with Crippen molar-refractivity contribution in [3.8, 4) is 40.2 Å². The number of phenolic OH excluding ortho intramolecular Hbond substituents is 7. The Balaban J connectivity index is 0.000000208. The van der Waals surface area contributed by atoms with Gasteiger partial charge in [0, 0.05) is 47.8 Å². The van der Waals surface area contributed by atoms with E-state index < -0.39 is 64.4 Å². The van der Waals surface area contributed by atoms with Crippen molar-refractivity contribution in [1.29, 1.82) is 0 Å². The molecule has 0 amide bonds. The maximum Gasteiger partial charge on any atom is 0.182 e. The Morgan fingerprint density at radius 1 is 0.370 bits per heavy atom. The third-order valence-electron chi connectivity index (χ3n) is 14.2. The van der Waals surface area contributed by atoms with Gasteiger partial charge in [0.1, 0.15) is 71.4 Å². The lowest BCUT2D eigenvalue weighted by atomic mass is 9.97. The lowest BCUT2D eigenvalue weighted by Gasteiger charge is -2.12. The number of rotatable bonds is 18. The molecule has 9 N–H and O–H groups in total. The van der Waals surface area contributed by atoms with Gasteiger partial charge in [-0.05, 0) is 187 Å². The van der Waals surface area contributed by atoms with Crippen LogP contribution < -0.4 is 5.46 Å². The Kier molecular flexibility index (Phi) is 30.9. The first-order valence-corrected chi connectivity index (χ1v) is 37.5. The lowest BCUT2D eigenvalue weighted by molar-refractivity contribution is -0.176. The molecule has 520 valence electrons. The highest BCUT2D eigenvalue weighted by atomic mass is 32.2. The quantitative estimate of drug-likeness (QED) is 0.0127. The van der Waals surface area contributed by atoms with Gasteiger partial charge in [0.15, 0.2) is 19.7 Å².